The first-order chi connectivity index (χ1) is 8.31. The van der Waals surface area contributed by atoms with Gasteiger partial charge in [0.25, 0.3) is 0 Å². The van der Waals surface area contributed by atoms with Gasteiger partial charge >= 0.3 is 12.0 Å². The average molecular weight is 257 g/mol. The van der Waals surface area contributed by atoms with E-state index in [2.05, 4.69) is 15.5 Å². The molecule has 0 spiro atoms. The number of piperidine rings is 1. The first kappa shape index (κ1) is 14.8. The summed E-state index contributed by atoms with van der Waals surface area (Å²) < 4.78 is 0. The lowest BCUT2D eigenvalue weighted by atomic mass is 9.94. The number of rotatable bonds is 4. The van der Waals surface area contributed by atoms with Gasteiger partial charge in [-0.2, -0.15) is 0 Å². The summed E-state index contributed by atoms with van der Waals surface area (Å²) in [6, 6.07) is -0.138. The van der Waals surface area contributed by atoms with Crippen LogP contribution in [0, 0.1) is 5.41 Å². The molecular weight excluding hydrogens is 234 g/mol. The maximum absolute atomic E-state index is 11.7. The highest BCUT2D eigenvalue weighted by atomic mass is 16.4. The largest absolute Gasteiger partial charge is 0.481 e. The number of urea groups is 1. The van der Waals surface area contributed by atoms with Crippen LogP contribution >= 0.6 is 0 Å². The molecule has 3 N–H and O–H groups in total. The first-order valence-electron chi connectivity index (χ1n) is 6.27. The molecule has 0 saturated carbocycles. The molecule has 1 heterocycles. The normalized spacial score (nSPS) is 21.4. The van der Waals surface area contributed by atoms with Crippen LogP contribution in [0.25, 0.3) is 0 Å². The summed E-state index contributed by atoms with van der Waals surface area (Å²) in [5, 5.41) is 14.4. The second-order valence-corrected chi connectivity index (χ2v) is 5.62. The molecular formula is C12H23N3O3. The molecule has 0 aromatic carbocycles. The van der Waals surface area contributed by atoms with Gasteiger partial charge in [0.1, 0.15) is 0 Å². The van der Waals surface area contributed by atoms with Gasteiger partial charge in [0.15, 0.2) is 0 Å². The Morgan fingerprint density at radius 2 is 2.11 bits per heavy atom. The van der Waals surface area contributed by atoms with Crippen LogP contribution in [0.4, 0.5) is 4.79 Å². The summed E-state index contributed by atoms with van der Waals surface area (Å²) in [6.45, 7) is 5.20. The van der Waals surface area contributed by atoms with E-state index in [1.54, 1.807) is 13.8 Å². The third-order valence-electron chi connectivity index (χ3n) is 3.23. The fourth-order valence-corrected chi connectivity index (χ4v) is 1.90. The number of hydrogen-bond acceptors (Lipinski definition) is 3. The van der Waals surface area contributed by atoms with Crippen molar-refractivity contribution >= 4 is 12.0 Å². The molecule has 0 aromatic rings. The minimum Gasteiger partial charge on any atom is -0.481 e. The molecule has 1 fully saturated rings. The van der Waals surface area contributed by atoms with Crippen molar-refractivity contribution in [2.75, 3.05) is 26.7 Å². The number of carbonyl (C=O) groups excluding carboxylic acids is 1. The van der Waals surface area contributed by atoms with Crippen molar-refractivity contribution in [1.82, 2.24) is 15.5 Å². The number of amides is 2. The summed E-state index contributed by atoms with van der Waals surface area (Å²) in [5.74, 6) is -0.916. The molecule has 2 amide bonds. The maximum atomic E-state index is 11.7. The van der Waals surface area contributed by atoms with Crippen molar-refractivity contribution in [2.24, 2.45) is 5.41 Å². The lowest BCUT2D eigenvalue weighted by Gasteiger charge is -2.30. The number of carbonyl (C=O) groups is 2. The van der Waals surface area contributed by atoms with E-state index in [0.29, 0.717) is 0 Å². The number of carboxylic acid groups (broad SMARTS) is 1. The minimum absolute atomic E-state index is 0.122. The number of likely N-dealkylation sites (N-methyl/N-ethyl adjacent to an activating group) is 1. The molecule has 6 nitrogen and oxygen atoms in total. The predicted octanol–water partition coefficient (Wildman–Crippen LogP) is 0.491. The van der Waals surface area contributed by atoms with Crippen LogP contribution < -0.4 is 10.6 Å². The van der Waals surface area contributed by atoms with Crippen molar-refractivity contribution in [3.05, 3.63) is 0 Å². The molecule has 1 rings (SSSR count). The summed E-state index contributed by atoms with van der Waals surface area (Å²) in [5.41, 5.74) is -0.944. The Morgan fingerprint density at radius 3 is 2.67 bits per heavy atom. The fraction of sp³-hybridized carbons (Fsp3) is 0.833. The number of carboxylic acids is 1. The second-order valence-electron chi connectivity index (χ2n) is 5.62. The van der Waals surface area contributed by atoms with Gasteiger partial charge in [0, 0.05) is 19.1 Å². The molecule has 1 aliphatic rings. The van der Waals surface area contributed by atoms with Crippen LogP contribution in [0.1, 0.15) is 26.7 Å². The van der Waals surface area contributed by atoms with E-state index >= 15 is 0 Å². The molecule has 0 bridgehead atoms. The van der Waals surface area contributed by atoms with Gasteiger partial charge in [-0.1, -0.05) is 0 Å². The second kappa shape index (κ2) is 6.04. The zero-order valence-electron chi connectivity index (χ0n) is 11.3. The van der Waals surface area contributed by atoms with Gasteiger partial charge < -0.3 is 20.6 Å². The van der Waals surface area contributed by atoms with Crippen LogP contribution in [-0.2, 0) is 4.79 Å². The number of aliphatic carboxylic acids is 1. The van der Waals surface area contributed by atoms with Crippen LogP contribution in [0.3, 0.4) is 0 Å². The Hall–Kier alpha value is -1.30. The molecule has 1 atom stereocenters. The Balaban J connectivity index is 2.31. The van der Waals surface area contributed by atoms with E-state index in [0.717, 1.165) is 25.9 Å². The van der Waals surface area contributed by atoms with Crippen LogP contribution in [0.15, 0.2) is 0 Å². The number of hydrogen-bond donors (Lipinski definition) is 3. The third-order valence-corrected chi connectivity index (χ3v) is 3.23. The Kier molecular flexibility index (Phi) is 4.95. The zero-order valence-corrected chi connectivity index (χ0v) is 11.3. The van der Waals surface area contributed by atoms with Crippen molar-refractivity contribution in [3.8, 4) is 0 Å². The highest BCUT2D eigenvalue weighted by molar-refractivity contribution is 5.77. The lowest BCUT2D eigenvalue weighted by molar-refractivity contribution is -0.146. The molecule has 1 saturated heterocycles. The molecule has 18 heavy (non-hydrogen) atoms. The highest BCUT2D eigenvalue weighted by Gasteiger charge is 2.28. The van der Waals surface area contributed by atoms with Crippen molar-refractivity contribution in [3.63, 3.8) is 0 Å². The smallest absolute Gasteiger partial charge is 0.315 e. The average Bonchev–Trinajstić information content (AvgIpc) is 2.26. The topological polar surface area (TPSA) is 81.7 Å². The molecule has 0 aliphatic carbocycles. The molecule has 104 valence electrons. The van der Waals surface area contributed by atoms with Gasteiger partial charge in [-0.05, 0) is 40.3 Å². The van der Waals surface area contributed by atoms with E-state index in [4.69, 9.17) is 5.11 Å². The molecule has 1 unspecified atom stereocenters. The fourth-order valence-electron chi connectivity index (χ4n) is 1.90. The molecule has 0 radical (unpaired) electrons. The van der Waals surface area contributed by atoms with Gasteiger partial charge in [0.05, 0.1) is 5.41 Å². The van der Waals surface area contributed by atoms with Crippen molar-refractivity contribution in [1.29, 1.82) is 0 Å². The standard InChI is InChI=1S/C12H23N3O3/c1-12(2,10(16)17)8-13-11(18)14-9-5-4-6-15(3)7-9/h9H,4-8H2,1-3H3,(H,16,17)(H2,13,14,18). The van der Waals surface area contributed by atoms with Crippen LogP contribution in [0.2, 0.25) is 0 Å². The number of nitrogens with one attached hydrogen (secondary N) is 2. The van der Waals surface area contributed by atoms with E-state index < -0.39 is 11.4 Å². The number of nitrogens with zero attached hydrogens (tertiary/aromatic N) is 1. The van der Waals surface area contributed by atoms with E-state index in [9.17, 15) is 9.59 Å². The zero-order chi connectivity index (χ0) is 13.8. The van der Waals surface area contributed by atoms with Crippen molar-refractivity contribution in [2.45, 2.75) is 32.7 Å². The Morgan fingerprint density at radius 1 is 1.44 bits per heavy atom. The summed E-state index contributed by atoms with van der Waals surface area (Å²) in [4.78, 5) is 24.7. The lowest BCUT2D eigenvalue weighted by Crippen LogP contribution is -2.51. The van der Waals surface area contributed by atoms with E-state index in [1.165, 1.54) is 0 Å². The van der Waals surface area contributed by atoms with Gasteiger partial charge in [-0.15, -0.1) is 0 Å². The van der Waals surface area contributed by atoms with Crippen molar-refractivity contribution < 1.29 is 14.7 Å². The quantitative estimate of drug-likeness (QED) is 0.684. The maximum Gasteiger partial charge on any atom is 0.315 e. The van der Waals surface area contributed by atoms with Crippen LogP contribution in [0.5, 0.6) is 0 Å². The van der Waals surface area contributed by atoms with Gasteiger partial charge in [-0.3, -0.25) is 4.79 Å². The van der Waals surface area contributed by atoms with Gasteiger partial charge in [-0.25, -0.2) is 4.79 Å². The van der Waals surface area contributed by atoms with Gasteiger partial charge in [0.2, 0.25) is 0 Å². The monoisotopic (exact) mass is 257 g/mol. The Bertz CT molecular complexity index is 318. The predicted molar refractivity (Wildman–Crippen MR) is 68.5 cm³/mol. The Labute approximate surface area is 108 Å². The molecule has 1 aliphatic heterocycles. The number of likely N-dealkylation sites (tertiary alicyclic amines) is 1. The van der Waals surface area contributed by atoms with E-state index in [-0.39, 0.29) is 18.6 Å². The van der Waals surface area contributed by atoms with E-state index in [1.807, 2.05) is 7.05 Å². The molecule has 6 heteroatoms. The summed E-state index contributed by atoms with van der Waals surface area (Å²) in [6.07, 6.45) is 2.04. The summed E-state index contributed by atoms with van der Waals surface area (Å²) >= 11 is 0. The molecule has 0 aromatic heterocycles. The minimum atomic E-state index is -0.944. The first-order valence-corrected chi connectivity index (χ1v) is 6.27. The summed E-state index contributed by atoms with van der Waals surface area (Å²) in [7, 11) is 2.03. The third kappa shape index (κ3) is 4.52. The SMILES string of the molecule is CN1CCCC(NC(=O)NCC(C)(C)C(=O)O)C1. The van der Waals surface area contributed by atoms with Crippen LogP contribution in [-0.4, -0.2) is 54.7 Å². The highest BCUT2D eigenvalue weighted by Crippen LogP contribution is 2.13.